The standard InChI is InChI=1S/C10H11BN2O2/c1-13-5-7-8(11)3-6(4-9(7)12)10(14)15-2/h3-5H,12H2,1-2H3. The minimum Gasteiger partial charge on any atom is -0.465 e. The number of anilines is 1. The van der Waals surface area contributed by atoms with Crippen LogP contribution in [-0.2, 0) is 4.74 Å². The number of nitrogen functional groups attached to an aromatic ring is 1. The van der Waals surface area contributed by atoms with Crippen molar-refractivity contribution in [2.75, 3.05) is 19.9 Å². The largest absolute Gasteiger partial charge is 0.465 e. The Morgan fingerprint density at radius 2 is 2.27 bits per heavy atom. The molecule has 0 aromatic heterocycles. The molecule has 2 radical (unpaired) electrons. The normalized spacial score (nSPS) is 10.5. The Bertz CT molecular complexity index is 393. The van der Waals surface area contributed by atoms with Crippen LogP contribution in [0.4, 0.5) is 5.69 Å². The summed E-state index contributed by atoms with van der Waals surface area (Å²) in [5.41, 5.74) is 7.48. The van der Waals surface area contributed by atoms with Gasteiger partial charge in [-0.3, -0.25) is 4.99 Å². The van der Waals surface area contributed by atoms with Crippen molar-refractivity contribution in [1.82, 2.24) is 0 Å². The number of aliphatic imine (C=N–C) groups is 1. The molecule has 0 saturated carbocycles. The summed E-state index contributed by atoms with van der Waals surface area (Å²) < 4.78 is 4.56. The summed E-state index contributed by atoms with van der Waals surface area (Å²) >= 11 is 0. The molecule has 1 rings (SSSR count). The van der Waals surface area contributed by atoms with Crippen LogP contribution in [0, 0.1) is 0 Å². The lowest BCUT2D eigenvalue weighted by Crippen LogP contribution is -2.16. The molecule has 5 heteroatoms. The monoisotopic (exact) mass is 202 g/mol. The van der Waals surface area contributed by atoms with Crippen LogP contribution in [0.25, 0.3) is 0 Å². The SMILES string of the molecule is [B]c1cc(C(=O)OC)cc(N)c1C=NC. The van der Waals surface area contributed by atoms with Crippen molar-refractivity contribution in [3.63, 3.8) is 0 Å². The second kappa shape index (κ2) is 4.64. The second-order valence-corrected chi connectivity index (χ2v) is 2.95. The Morgan fingerprint density at radius 3 is 2.73 bits per heavy atom. The highest BCUT2D eigenvalue weighted by Gasteiger charge is 2.09. The van der Waals surface area contributed by atoms with Gasteiger partial charge in [-0.05, 0) is 6.07 Å². The average Bonchev–Trinajstić information content (AvgIpc) is 2.22. The van der Waals surface area contributed by atoms with Gasteiger partial charge in [0.1, 0.15) is 7.85 Å². The van der Waals surface area contributed by atoms with Crippen molar-refractivity contribution in [3.05, 3.63) is 23.3 Å². The topological polar surface area (TPSA) is 64.7 Å². The summed E-state index contributed by atoms with van der Waals surface area (Å²) in [6.07, 6.45) is 1.55. The molecule has 15 heavy (non-hydrogen) atoms. The summed E-state index contributed by atoms with van der Waals surface area (Å²) in [5.74, 6) is -0.464. The Morgan fingerprint density at radius 1 is 1.60 bits per heavy atom. The highest BCUT2D eigenvalue weighted by atomic mass is 16.5. The lowest BCUT2D eigenvalue weighted by atomic mass is 9.88. The maximum absolute atomic E-state index is 11.2. The minimum atomic E-state index is -0.464. The highest BCUT2D eigenvalue weighted by Crippen LogP contribution is 2.10. The van der Waals surface area contributed by atoms with Crippen molar-refractivity contribution >= 4 is 31.2 Å². The smallest absolute Gasteiger partial charge is 0.337 e. The van der Waals surface area contributed by atoms with E-state index in [0.29, 0.717) is 22.3 Å². The maximum atomic E-state index is 11.2. The minimum absolute atomic E-state index is 0.334. The predicted molar refractivity (Wildman–Crippen MR) is 61.1 cm³/mol. The van der Waals surface area contributed by atoms with Crippen molar-refractivity contribution in [2.24, 2.45) is 4.99 Å². The summed E-state index contributed by atoms with van der Waals surface area (Å²) in [6, 6.07) is 3.03. The van der Waals surface area contributed by atoms with Gasteiger partial charge in [0.15, 0.2) is 0 Å². The van der Waals surface area contributed by atoms with Crippen LogP contribution >= 0.6 is 0 Å². The van der Waals surface area contributed by atoms with Gasteiger partial charge in [-0.25, -0.2) is 4.79 Å². The first-order valence-corrected chi connectivity index (χ1v) is 4.29. The lowest BCUT2D eigenvalue weighted by molar-refractivity contribution is 0.0601. The van der Waals surface area contributed by atoms with E-state index in [-0.39, 0.29) is 0 Å². The number of carbonyl (C=O) groups excluding carboxylic acids is 1. The molecule has 0 fully saturated rings. The number of rotatable bonds is 2. The number of benzene rings is 1. The molecule has 0 bridgehead atoms. The lowest BCUT2D eigenvalue weighted by Gasteiger charge is -2.07. The van der Waals surface area contributed by atoms with Gasteiger partial charge < -0.3 is 10.5 Å². The molecule has 0 unspecified atom stereocenters. The number of nitrogens with two attached hydrogens (primary N) is 1. The molecular weight excluding hydrogens is 191 g/mol. The van der Waals surface area contributed by atoms with E-state index in [1.54, 1.807) is 13.3 Å². The number of ether oxygens (including phenoxy) is 1. The molecule has 4 nitrogen and oxygen atoms in total. The van der Waals surface area contributed by atoms with E-state index in [4.69, 9.17) is 13.6 Å². The van der Waals surface area contributed by atoms with Crippen LogP contribution < -0.4 is 11.2 Å². The average molecular weight is 202 g/mol. The predicted octanol–water partition coefficient (Wildman–Crippen LogP) is -0.102. The summed E-state index contributed by atoms with van der Waals surface area (Å²) in [7, 11) is 8.64. The van der Waals surface area contributed by atoms with E-state index < -0.39 is 5.97 Å². The number of hydrogen-bond donors (Lipinski definition) is 1. The summed E-state index contributed by atoms with van der Waals surface area (Å²) in [5, 5.41) is 0. The van der Waals surface area contributed by atoms with Gasteiger partial charge in [0.2, 0.25) is 0 Å². The van der Waals surface area contributed by atoms with E-state index in [9.17, 15) is 4.79 Å². The number of esters is 1. The molecule has 0 spiro atoms. The fourth-order valence-electron chi connectivity index (χ4n) is 1.21. The van der Waals surface area contributed by atoms with Gasteiger partial charge in [-0.2, -0.15) is 0 Å². The van der Waals surface area contributed by atoms with E-state index in [1.807, 2.05) is 0 Å². The first kappa shape index (κ1) is 11.3. The van der Waals surface area contributed by atoms with Crippen LogP contribution in [-0.4, -0.2) is 34.2 Å². The molecule has 0 atom stereocenters. The highest BCUT2D eigenvalue weighted by molar-refractivity contribution is 6.36. The first-order chi connectivity index (χ1) is 7.10. The van der Waals surface area contributed by atoms with Crippen LogP contribution in [0.3, 0.4) is 0 Å². The Kier molecular flexibility index (Phi) is 3.49. The maximum Gasteiger partial charge on any atom is 0.337 e. The molecule has 0 heterocycles. The third kappa shape index (κ3) is 2.37. The van der Waals surface area contributed by atoms with Crippen LogP contribution in [0.1, 0.15) is 15.9 Å². The fraction of sp³-hybridized carbons (Fsp3) is 0.200. The van der Waals surface area contributed by atoms with Crippen molar-refractivity contribution in [1.29, 1.82) is 0 Å². The molecular formula is C10H11BN2O2. The van der Waals surface area contributed by atoms with E-state index in [0.717, 1.165) is 0 Å². The van der Waals surface area contributed by atoms with E-state index in [2.05, 4.69) is 9.73 Å². The van der Waals surface area contributed by atoms with Crippen molar-refractivity contribution < 1.29 is 9.53 Å². The van der Waals surface area contributed by atoms with Crippen LogP contribution in [0.5, 0.6) is 0 Å². The number of nitrogens with zero attached hydrogens (tertiary/aromatic N) is 1. The number of hydrogen-bond acceptors (Lipinski definition) is 4. The third-order valence-electron chi connectivity index (χ3n) is 1.92. The molecule has 0 aliphatic carbocycles. The molecule has 0 saturated heterocycles. The molecule has 0 aliphatic rings. The van der Waals surface area contributed by atoms with Crippen LogP contribution in [0.15, 0.2) is 17.1 Å². The molecule has 76 valence electrons. The Balaban J connectivity index is 3.25. The van der Waals surface area contributed by atoms with Gasteiger partial charge in [-0.1, -0.05) is 11.5 Å². The summed E-state index contributed by atoms with van der Waals surface area (Å²) in [4.78, 5) is 15.0. The van der Waals surface area contributed by atoms with E-state index >= 15 is 0 Å². The molecule has 1 aromatic carbocycles. The number of methoxy groups -OCH3 is 1. The zero-order chi connectivity index (χ0) is 11.4. The van der Waals surface area contributed by atoms with Gasteiger partial charge in [0, 0.05) is 24.5 Å². The molecule has 0 aliphatic heterocycles. The van der Waals surface area contributed by atoms with Crippen molar-refractivity contribution in [3.8, 4) is 0 Å². The second-order valence-electron chi connectivity index (χ2n) is 2.95. The van der Waals surface area contributed by atoms with Gasteiger partial charge in [0.25, 0.3) is 0 Å². The zero-order valence-corrected chi connectivity index (χ0v) is 8.65. The summed E-state index contributed by atoms with van der Waals surface area (Å²) in [6.45, 7) is 0. The fourth-order valence-corrected chi connectivity index (χ4v) is 1.21. The zero-order valence-electron chi connectivity index (χ0n) is 8.65. The molecule has 1 aromatic rings. The Labute approximate surface area is 89.6 Å². The van der Waals surface area contributed by atoms with Gasteiger partial charge >= 0.3 is 5.97 Å². The van der Waals surface area contributed by atoms with Crippen LogP contribution in [0.2, 0.25) is 0 Å². The molecule has 0 amide bonds. The number of carbonyl (C=O) groups is 1. The van der Waals surface area contributed by atoms with Gasteiger partial charge in [-0.15, -0.1) is 0 Å². The third-order valence-corrected chi connectivity index (χ3v) is 1.92. The molecule has 2 N–H and O–H groups in total. The van der Waals surface area contributed by atoms with Crippen molar-refractivity contribution in [2.45, 2.75) is 0 Å². The Hall–Kier alpha value is -1.78. The quantitative estimate of drug-likeness (QED) is 0.315. The van der Waals surface area contributed by atoms with E-state index in [1.165, 1.54) is 19.2 Å². The van der Waals surface area contributed by atoms with Gasteiger partial charge in [0.05, 0.1) is 12.7 Å². The first-order valence-electron chi connectivity index (χ1n) is 4.29.